The number of azo groups is 1. The standard InChI is InChI=1S/C18H13N5O2S2/c1-9-2-7-12-13(8-9)27-17(19-12)10-3-5-11(6-4-10)22-23-14-15(24)20-18(26)21-16(14)25/h2-8H,1H3,(H3,20,21,24,25,26). The minimum Gasteiger partial charge on any atom is -0.493 e. The van der Waals surface area contributed by atoms with E-state index in [1.54, 1.807) is 23.5 Å². The monoisotopic (exact) mass is 395 g/mol. The van der Waals surface area contributed by atoms with Crippen molar-refractivity contribution in [2.75, 3.05) is 0 Å². The third-order valence-corrected chi connectivity index (χ3v) is 5.09. The largest absolute Gasteiger partial charge is 0.493 e. The number of thiazole rings is 1. The predicted octanol–water partition coefficient (Wildman–Crippen LogP) is 5.14. The summed E-state index contributed by atoms with van der Waals surface area (Å²) >= 11 is 6.40. The van der Waals surface area contributed by atoms with E-state index in [9.17, 15) is 9.90 Å². The van der Waals surface area contributed by atoms with Gasteiger partial charge in [-0.05, 0) is 61.1 Å². The number of aryl methyl sites for hydroxylation is 1. The lowest BCUT2D eigenvalue weighted by atomic mass is 10.2. The number of benzene rings is 2. The molecule has 0 bridgehead atoms. The molecule has 2 aromatic carbocycles. The molecule has 4 rings (SSSR count). The van der Waals surface area contributed by atoms with Crippen LogP contribution in [-0.4, -0.2) is 20.1 Å². The number of hydrogen-bond acceptors (Lipinski definition) is 7. The van der Waals surface area contributed by atoms with E-state index in [0.717, 1.165) is 20.8 Å². The maximum Gasteiger partial charge on any atom is 0.283 e. The lowest BCUT2D eigenvalue weighted by Gasteiger charge is -1.98. The zero-order valence-electron chi connectivity index (χ0n) is 14.1. The summed E-state index contributed by atoms with van der Waals surface area (Å²) in [5.74, 6) is -0.422. The minimum absolute atomic E-state index is 0.0202. The molecule has 4 aromatic rings. The van der Waals surface area contributed by atoms with Crippen LogP contribution in [0.4, 0.5) is 11.4 Å². The number of nitrogens with one attached hydrogen (secondary N) is 2. The third-order valence-electron chi connectivity index (χ3n) is 3.82. The zero-order valence-corrected chi connectivity index (χ0v) is 15.7. The van der Waals surface area contributed by atoms with E-state index in [2.05, 4.69) is 38.2 Å². The fourth-order valence-corrected chi connectivity index (χ4v) is 3.75. The van der Waals surface area contributed by atoms with E-state index in [4.69, 9.17) is 12.2 Å². The average molecular weight is 395 g/mol. The van der Waals surface area contributed by atoms with Crippen LogP contribution in [0.5, 0.6) is 5.88 Å². The van der Waals surface area contributed by atoms with Crippen molar-refractivity contribution >= 4 is 45.1 Å². The van der Waals surface area contributed by atoms with Crippen LogP contribution < -0.4 is 5.56 Å². The van der Waals surface area contributed by atoms with Gasteiger partial charge in [-0.25, -0.2) is 4.98 Å². The van der Waals surface area contributed by atoms with Gasteiger partial charge in [-0.15, -0.1) is 16.5 Å². The molecule has 0 spiro atoms. The van der Waals surface area contributed by atoms with Gasteiger partial charge in [-0.3, -0.25) is 9.78 Å². The molecular weight excluding hydrogens is 382 g/mol. The molecule has 3 N–H and O–H groups in total. The van der Waals surface area contributed by atoms with Crippen LogP contribution >= 0.6 is 23.6 Å². The second-order valence-electron chi connectivity index (χ2n) is 5.84. The summed E-state index contributed by atoms with van der Waals surface area (Å²) in [5.41, 5.74) is 2.85. The van der Waals surface area contributed by atoms with Crippen molar-refractivity contribution < 1.29 is 5.11 Å². The normalized spacial score (nSPS) is 11.4. The third kappa shape index (κ3) is 3.55. The molecule has 134 valence electrons. The molecule has 0 amide bonds. The van der Waals surface area contributed by atoms with Crippen LogP contribution in [0.2, 0.25) is 0 Å². The van der Waals surface area contributed by atoms with Crippen LogP contribution in [0.1, 0.15) is 5.56 Å². The molecule has 0 unspecified atom stereocenters. The molecule has 27 heavy (non-hydrogen) atoms. The van der Waals surface area contributed by atoms with Crippen molar-refractivity contribution in [3.8, 4) is 16.5 Å². The fraction of sp³-hybridized carbons (Fsp3) is 0.0556. The molecule has 2 aromatic heterocycles. The Labute approximate surface area is 162 Å². The second kappa shape index (κ2) is 6.86. The van der Waals surface area contributed by atoms with Gasteiger partial charge >= 0.3 is 0 Å². The van der Waals surface area contributed by atoms with E-state index in [1.165, 1.54) is 5.56 Å². The van der Waals surface area contributed by atoms with Gasteiger partial charge in [0.15, 0.2) is 4.77 Å². The Morgan fingerprint density at radius 3 is 2.63 bits per heavy atom. The Balaban J connectivity index is 1.62. The fourth-order valence-electron chi connectivity index (χ4n) is 2.49. The number of aromatic amines is 2. The van der Waals surface area contributed by atoms with Crippen molar-refractivity contribution in [3.63, 3.8) is 0 Å². The summed E-state index contributed by atoms with van der Waals surface area (Å²) < 4.78 is 1.16. The molecule has 0 saturated carbocycles. The maximum atomic E-state index is 11.8. The molecular formula is C18H13N5O2S2. The van der Waals surface area contributed by atoms with E-state index in [0.29, 0.717) is 5.69 Å². The molecule has 0 aliphatic carbocycles. The van der Waals surface area contributed by atoms with Gasteiger partial charge in [0.05, 0.1) is 15.9 Å². The summed E-state index contributed by atoms with van der Waals surface area (Å²) in [7, 11) is 0. The number of rotatable bonds is 3. The van der Waals surface area contributed by atoms with Crippen molar-refractivity contribution in [1.82, 2.24) is 15.0 Å². The van der Waals surface area contributed by atoms with Gasteiger partial charge < -0.3 is 10.1 Å². The van der Waals surface area contributed by atoms with Crippen molar-refractivity contribution in [3.05, 3.63) is 63.2 Å². The molecule has 0 atom stereocenters. The predicted molar refractivity (Wildman–Crippen MR) is 108 cm³/mol. The van der Waals surface area contributed by atoms with E-state index >= 15 is 0 Å². The Morgan fingerprint density at radius 2 is 1.89 bits per heavy atom. The number of nitrogens with zero attached hydrogens (tertiary/aromatic N) is 3. The highest BCUT2D eigenvalue weighted by Gasteiger charge is 2.08. The SMILES string of the molecule is Cc1ccc2nc(-c3ccc(N=Nc4c(O)[nH]c(=S)[nH]c4=O)cc3)sc2c1. The highest BCUT2D eigenvalue weighted by atomic mass is 32.1. The second-order valence-corrected chi connectivity index (χ2v) is 7.28. The number of aromatic hydroxyl groups is 1. The Bertz CT molecular complexity index is 1290. The molecule has 9 heteroatoms. The van der Waals surface area contributed by atoms with Crippen LogP contribution in [0, 0.1) is 11.7 Å². The first-order valence-corrected chi connectivity index (χ1v) is 9.17. The molecule has 0 saturated heterocycles. The lowest BCUT2D eigenvalue weighted by Crippen LogP contribution is -2.06. The molecule has 0 fully saturated rings. The van der Waals surface area contributed by atoms with E-state index < -0.39 is 11.4 Å². The van der Waals surface area contributed by atoms with Gasteiger partial charge in [-0.2, -0.15) is 5.11 Å². The number of hydrogen-bond donors (Lipinski definition) is 3. The van der Waals surface area contributed by atoms with Crippen LogP contribution in [-0.2, 0) is 0 Å². The molecule has 0 aliphatic heterocycles. The number of H-pyrrole nitrogens is 2. The van der Waals surface area contributed by atoms with Gasteiger partial charge in [0.25, 0.3) is 5.56 Å². The topological polar surface area (TPSA) is 106 Å². The van der Waals surface area contributed by atoms with Crippen molar-refractivity contribution in [2.45, 2.75) is 6.92 Å². The van der Waals surface area contributed by atoms with Crippen LogP contribution in [0.15, 0.2) is 57.5 Å². The molecule has 0 radical (unpaired) electrons. The molecule has 7 nitrogen and oxygen atoms in total. The lowest BCUT2D eigenvalue weighted by molar-refractivity contribution is 0.451. The molecule has 0 aliphatic rings. The highest BCUT2D eigenvalue weighted by Crippen LogP contribution is 2.32. The Kier molecular flexibility index (Phi) is 4.38. The number of fused-ring (bicyclic) bond motifs is 1. The van der Waals surface area contributed by atoms with Gasteiger partial charge in [0, 0.05) is 5.56 Å². The Morgan fingerprint density at radius 1 is 1.11 bits per heavy atom. The minimum atomic E-state index is -0.610. The van der Waals surface area contributed by atoms with E-state index in [-0.39, 0.29) is 10.5 Å². The summed E-state index contributed by atoms with van der Waals surface area (Å²) in [6, 6.07) is 13.5. The Hall–Kier alpha value is -3.17. The maximum absolute atomic E-state index is 11.8. The van der Waals surface area contributed by atoms with Crippen molar-refractivity contribution in [2.24, 2.45) is 10.2 Å². The highest BCUT2D eigenvalue weighted by molar-refractivity contribution is 7.71. The number of aromatic nitrogens is 3. The molecule has 2 heterocycles. The van der Waals surface area contributed by atoms with Gasteiger partial charge in [-0.1, -0.05) is 6.07 Å². The van der Waals surface area contributed by atoms with Gasteiger partial charge in [0.2, 0.25) is 11.6 Å². The van der Waals surface area contributed by atoms with E-state index in [1.807, 2.05) is 24.3 Å². The van der Waals surface area contributed by atoms with Crippen molar-refractivity contribution in [1.29, 1.82) is 0 Å². The summed E-state index contributed by atoms with van der Waals surface area (Å²) in [6.45, 7) is 2.06. The zero-order chi connectivity index (χ0) is 19.0. The first-order chi connectivity index (χ1) is 13.0. The van der Waals surface area contributed by atoms with Crippen LogP contribution in [0.3, 0.4) is 0 Å². The average Bonchev–Trinajstić information content (AvgIpc) is 3.04. The quantitative estimate of drug-likeness (QED) is 0.330. The van der Waals surface area contributed by atoms with Crippen LogP contribution in [0.25, 0.3) is 20.8 Å². The summed E-state index contributed by atoms with van der Waals surface area (Å²) in [6.07, 6.45) is 0. The summed E-state index contributed by atoms with van der Waals surface area (Å²) in [5, 5.41) is 18.4. The summed E-state index contributed by atoms with van der Waals surface area (Å²) in [4.78, 5) is 21.2. The first-order valence-electron chi connectivity index (χ1n) is 7.94. The smallest absolute Gasteiger partial charge is 0.283 e. The van der Waals surface area contributed by atoms with Gasteiger partial charge in [0.1, 0.15) is 5.01 Å². The first kappa shape index (κ1) is 17.3.